The van der Waals surface area contributed by atoms with E-state index in [0.29, 0.717) is 0 Å². The minimum atomic E-state index is 1.69. The Morgan fingerprint density at radius 3 is 1.78 bits per heavy atom. The molecule has 0 spiro atoms. The average Bonchev–Trinajstić information content (AvgIpc) is 2.51. The molecule has 0 atom stereocenters. The highest BCUT2D eigenvalue weighted by atomic mass is 15.1. The molecule has 2 nitrogen and oxygen atoms in total. The van der Waals surface area contributed by atoms with Gasteiger partial charge in [0.05, 0.1) is 0 Å². The lowest BCUT2D eigenvalue weighted by Gasteiger charge is -1.49. The molecule has 0 aliphatic heterocycles. The lowest BCUT2D eigenvalue weighted by Crippen LogP contribution is -1.53. The van der Waals surface area contributed by atoms with E-state index in [2.05, 4.69) is 10.2 Å². The molecule has 54 valence electrons. The van der Waals surface area contributed by atoms with Gasteiger partial charge >= 0.3 is 0 Å². The summed E-state index contributed by atoms with van der Waals surface area (Å²) in [6.07, 6.45) is 3.46. The van der Waals surface area contributed by atoms with E-state index in [1.54, 1.807) is 12.4 Å². The molecule has 1 rings (SSSR count). The van der Waals surface area contributed by atoms with E-state index >= 15 is 0 Å². The van der Waals surface area contributed by atoms with Gasteiger partial charge in [-0.25, -0.2) is 0 Å². The van der Waals surface area contributed by atoms with Gasteiger partial charge in [0.25, 0.3) is 0 Å². The predicted molar refractivity (Wildman–Crippen MR) is 41.3 cm³/mol. The van der Waals surface area contributed by atoms with Gasteiger partial charge in [-0.1, -0.05) is 27.7 Å². The van der Waals surface area contributed by atoms with Crippen molar-refractivity contribution in [2.24, 2.45) is 0 Å². The van der Waals surface area contributed by atoms with E-state index in [4.69, 9.17) is 0 Å². The van der Waals surface area contributed by atoms with Gasteiger partial charge in [0, 0.05) is 12.4 Å². The maximum Gasteiger partial charge on any atom is 0.0487 e. The number of hydrogen-bond donors (Lipinski definition) is 1. The van der Waals surface area contributed by atoms with E-state index in [1.165, 1.54) is 0 Å². The quantitative estimate of drug-likeness (QED) is 0.571. The Kier molecular flexibility index (Phi) is 19.3. The van der Waals surface area contributed by atoms with Crippen molar-refractivity contribution in [3.8, 4) is 0 Å². The van der Waals surface area contributed by atoms with Crippen LogP contribution in [-0.4, -0.2) is 10.2 Å². The predicted octanol–water partition coefficient (Wildman–Crippen LogP) is 2.46. The molecule has 1 N–H and O–H groups in total. The van der Waals surface area contributed by atoms with Crippen molar-refractivity contribution in [1.29, 1.82) is 0 Å². The molecule has 0 saturated carbocycles. The summed E-state index contributed by atoms with van der Waals surface area (Å²) in [4.78, 5) is 0. The van der Waals surface area contributed by atoms with Crippen molar-refractivity contribution in [3.63, 3.8) is 0 Å². The number of aromatic amines is 1. The summed E-state index contributed by atoms with van der Waals surface area (Å²) >= 11 is 0. The summed E-state index contributed by atoms with van der Waals surface area (Å²) in [5, 5.41) is 6.21. The highest BCUT2D eigenvalue weighted by molar-refractivity contribution is 4.72. The first-order valence-corrected chi connectivity index (χ1v) is 3.44. The zero-order valence-electron chi connectivity index (χ0n) is 6.68. The van der Waals surface area contributed by atoms with E-state index < -0.39 is 0 Å². The summed E-state index contributed by atoms with van der Waals surface area (Å²) < 4.78 is 0. The minimum absolute atomic E-state index is 1.69. The standard InChI is InChI=1S/C3H4N2.2C2H6/c1-2-4-5-3-1;2*1-2/h1-3H,(H,4,5);2*1-2H3. The first-order valence-electron chi connectivity index (χ1n) is 3.44. The molecule has 0 saturated heterocycles. The number of rotatable bonds is 0. The largest absolute Gasteiger partial charge is 0.286 e. The maximum atomic E-state index is 3.60. The van der Waals surface area contributed by atoms with Crippen LogP contribution < -0.4 is 0 Å². The Labute approximate surface area is 57.3 Å². The average molecular weight is 128 g/mol. The summed E-state index contributed by atoms with van der Waals surface area (Å²) in [5.41, 5.74) is 0. The molecule has 1 aromatic heterocycles. The second-order valence-electron chi connectivity index (χ2n) is 0.766. The molecule has 1 heterocycles. The molecule has 0 amide bonds. The second kappa shape index (κ2) is 15.7. The summed E-state index contributed by atoms with van der Waals surface area (Å²) in [7, 11) is 0. The van der Waals surface area contributed by atoms with Gasteiger partial charge in [-0.15, -0.1) is 0 Å². The van der Waals surface area contributed by atoms with Gasteiger partial charge in [0.2, 0.25) is 0 Å². The Bertz CT molecular complexity index is 63.4. The van der Waals surface area contributed by atoms with E-state index in [9.17, 15) is 0 Å². The van der Waals surface area contributed by atoms with Crippen LogP contribution in [0, 0.1) is 0 Å². The molecule has 0 radical (unpaired) electrons. The molecule has 0 aromatic carbocycles. The van der Waals surface area contributed by atoms with Crippen molar-refractivity contribution in [1.82, 2.24) is 10.2 Å². The van der Waals surface area contributed by atoms with Crippen molar-refractivity contribution >= 4 is 0 Å². The van der Waals surface area contributed by atoms with Crippen LogP contribution in [0.5, 0.6) is 0 Å². The van der Waals surface area contributed by atoms with Gasteiger partial charge in [-0.2, -0.15) is 5.10 Å². The van der Waals surface area contributed by atoms with Crippen LogP contribution in [0.25, 0.3) is 0 Å². The third-order valence-corrected chi connectivity index (χ3v) is 0.406. The fourth-order valence-electron chi connectivity index (χ4n) is 0.215. The smallest absolute Gasteiger partial charge is 0.0487 e. The van der Waals surface area contributed by atoms with E-state index in [0.717, 1.165) is 0 Å². The first-order chi connectivity index (χ1) is 4.50. The number of nitrogens with one attached hydrogen (secondary N) is 1. The fourth-order valence-corrected chi connectivity index (χ4v) is 0.215. The second-order valence-corrected chi connectivity index (χ2v) is 0.766. The Morgan fingerprint density at radius 2 is 1.67 bits per heavy atom. The van der Waals surface area contributed by atoms with E-state index in [-0.39, 0.29) is 0 Å². The normalized spacial score (nSPS) is 5.78. The van der Waals surface area contributed by atoms with Gasteiger partial charge < -0.3 is 0 Å². The highest BCUT2D eigenvalue weighted by Gasteiger charge is 1.56. The fraction of sp³-hybridized carbons (Fsp3) is 0.571. The molecule has 1 aromatic rings. The third kappa shape index (κ3) is 11.0. The number of hydrogen-bond acceptors (Lipinski definition) is 1. The highest BCUT2D eigenvalue weighted by Crippen LogP contribution is 1.64. The van der Waals surface area contributed by atoms with Gasteiger partial charge in [0.1, 0.15) is 0 Å². The lowest BCUT2D eigenvalue weighted by atomic mass is 10.8. The molecule has 9 heavy (non-hydrogen) atoms. The van der Waals surface area contributed by atoms with Gasteiger partial charge in [0.15, 0.2) is 0 Å². The number of H-pyrrole nitrogens is 1. The maximum absolute atomic E-state index is 3.60. The van der Waals surface area contributed by atoms with Crippen LogP contribution in [0.1, 0.15) is 27.7 Å². The Morgan fingerprint density at radius 1 is 1.11 bits per heavy atom. The first kappa shape index (κ1) is 11.1. The van der Waals surface area contributed by atoms with Crippen molar-refractivity contribution in [3.05, 3.63) is 18.5 Å². The topological polar surface area (TPSA) is 28.7 Å². The molecule has 0 bridgehead atoms. The molecule has 0 aliphatic carbocycles. The summed E-state index contributed by atoms with van der Waals surface area (Å²) in [5.74, 6) is 0. The van der Waals surface area contributed by atoms with Gasteiger partial charge in [-0.05, 0) is 6.07 Å². The van der Waals surface area contributed by atoms with Crippen molar-refractivity contribution < 1.29 is 0 Å². The van der Waals surface area contributed by atoms with E-state index in [1.807, 2.05) is 33.8 Å². The van der Waals surface area contributed by atoms with Crippen LogP contribution in [-0.2, 0) is 0 Å². The van der Waals surface area contributed by atoms with Crippen LogP contribution in [0.3, 0.4) is 0 Å². The molecular formula is C7H16N2. The van der Waals surface area contributed by atoms with Crippen LogP contribution in [0.4, 0.5) is 0 Å². The lowest BCUT2D eigenvalue weighted by molar-refractivity contribution is 1.09. The Balaban J connectivity index is 0. The summed E-state index contributed by atoms with van der Waals surface area (Å²) in [6, 6.07) is 1.83. The molecule has 0 aliphatic rings. The molecule has 0 fully saturated rings. The molecular weight excluding hydrogens is 112 g/mol. The Hall–Kier alpha value is -0.790. The van der Waals surface area contributed by atoms with Gasteiger partial charge in [-0.3, -0.25) is 5.10 Å². The van der Waals surface area contributed by atoms with Crippen molar-refractivity contribution in [2.45, 2.75) is 27.7 Å². The SMILES string of the molecule is CC.CC.c1cn[nH]c1. The number of aromatic nitrogens is 2. The van der Waals surface area contributed by atoms with Crippen LogP contribution in [0.15, 0.2) is 18.5 Å². The van der Waals surface area contributed by atoms with Crippen LogP contribution >= 0.6 is 0 Å². The van der Waals surface area contributed by atoms with Crippen molar-refractivity contribution in [2.75, 3.05) is 0 Å². The monoisotopic (exact) mass is 128 g/mol. The summed E-state index contributed by atoms with van der Waals surface area (Å²) in [6.45, 7) is 8.00. The zero-order valence-corrected chi connectivity index (χ0v) is 6.68. The number of nitrogens with zero attached hydrogens (tertiary/aromatic N) is 1. The molecule has 0 unspecified atom stereocenters. The van der Waals surface area contributed by atoms with Crippen LogP contribution in [0.2, 0.25) is 0 Å². The minimum Gasteiger partial charge on any atom is -0.286 e. The zero-order chi connectivity index (χ0) is 7.54. The molecule has 2 heteroatoms. The third-order valence-electron chi connectivity index (χ3n) is 0.406.